The number of amidine groups is 1. The highest BCUT2D eigenvalue weighted by Gasteiger charge is 2.25. The molecule has 0 saturated carbocycles. The van der Waals surface area contributed by atoms with Crippen molar-refractivity contribution in [3.8, 4) is 0 Å². The van der Waals surface area contributed by atoms with Crippen molar-refractivity contribution in [3.63, 3.8) is 0 Å². The fraction of sp³-hybridized carbons (Fsp3) is 0.467. The van der Waals surface area contributed by atoms with Crippen LogP contribution in [0.3, 0.4) is 0 Å². The van der Waals surface area contributed by atoms with Gasteiger partial charge in [0.05, 0.1) is 28.3 Å². The van der Waals surface area contributed by atoms with E-state index in [9.17, 15) is 4.79 Å². The fourth-order valence-corrected chi connectivity index (χ4v) is 2.44. The number of halogens is 1. The molecule has 0 radical (unpaired) electrons. The number of carbonyl (C=O) groups excluding carboxylic acids is 1. The van der Waals surface area contributed by atoms with Crippen LogP contribution >= 0.6 is 15.9 Å². The van der Waals surface area contributed by atoms with E-state index in [0.717, 1.165) is 17.2 Å². The maximum Gasteiger partial charge on any atom is 0.175 e. The van der Waals surface area contributed by atoms with E-state index in [4.69, 9.17) is 4.99 Å². The standard InChI is InChI=1S/C15H20BrN3O/c1-9-14(19-15(2,3)4)18-13-10(12(20)8-16)6-5-7-11(13)17-9/h5-7,9,17H,8H2,1-4H3,(H,18,19). The third kappa shape index (κ3) is 3.20. The van der Waals surface area contributed by atoms with Gasteiger partial charge in [-0.1, -0.05) is 22.0 Å². The number of hydrogen-bond acceptors (Lipinski definition) is 3. The van der Waals surface area contributed by atoms with Crippen LogP contribution in [0.5, 0.6) is 0 Å². The van der Waals surface area contributed by atoms with Crippen molar-refractivity contribution < 1.29 is 4.79 Å². The number of ketones is 1. The lowest BCUT2D eigenvalue weighted by atomic mass is 10.0. The van der Waals surface area contributed by atoms with Crippen LogP contribution in [0.15, 0.2) is 23.2 Å². The van der Waals surface area contributed by atoms with Crippen LogP contribution in [-0.2, 0) is 0 Å². The summed E-state index contributed by atoms with van der Waals surface area (Å²) in [4.78, 5) is 16.7. The number of carbonyl (C=O) groups is 1. The van der Waals surface area contributed by atoms with Crippen LogP contribution in [-0.4, -0.2) is 28.5 Å². The molecule has 4 nitrogen and oxygen atoms in total. The van der Waals surface area contributed by atoms with Crippen LogP contribution in [0.25, 0.3) is 0 Å². The molecule has 1 aromatic rings. The summed E-state index contributed by atoms with van der Waals surface area (Å²) >= 11 is 3.23. The van der Waals surface area contributed by atoms with Crippen molar-refractivity contribution in [2.75, 3.05) is 16.0 Å². The van der Waals surface area contributed by atoms with E-state index in [1.54, 1.807) is 0 Å². The molecule has 0 aliphatic carbocycles. The molecule has 2 rings (SSSR count). The molecule has 2 N–H and O–H groups in total. The van der Waals surface area contributed by atoms with Gasteiger partial charge in [-0.2, -0.15) is 0 Å². The van der Waals surface area contributed by atoms with E-state index in [2.05, 4.69) is 54.3 Å². The van der Waals surface area contributed by atoms with Gasteiger partial charge >= 0.3 is 0 Å². The normalized spacial score (nSPS) is 20.1. The zero-order valence-electron chi connectivity index (χ0n) is 12.2. The number of hydrogen-bond donors (Lipinski definition) is 2. The Labute approximate surface area is 128 Å². The molecule has 1 heterocycles. The number of Topliss-reactive ketones (excluding diaryl/α,β-unsaturated/α-hetero) is 1. The number of nitrogens with one attached hydrogen (secondary N) is 2. The molecule has 0 spiro atoms. The monoisotopic (exact) mass is 337 g/mol. The number of nitrogens with zero attached hydrogens (tertiary/aromatic N) is 1. The first-order valence-electron chi connectivity index (χ1n) is 6.67. The Balaban J connectivity index is 2.45. The summed E-state index contributed by atoms with van der Waals surface area (Å²) in [7, 11) is 0. The van der Waals surface area contributed by atoms with Gasteiger partial charge in [0.25, 0.3) is 0 Å². The Morgan fingerprint density at radius 3 is 2.70 bits per heavy atom. The zero-order valence-corrected chi connectivity index (χ0v) is 13.8. The molecular formula is C15H20BrN3O. The van der Waals surface area contributed by atoms with Crippen molar-refractivity contribution in [3.05, 3.63) is 23.8 Å². The van der Waals surface area contributed by atoms with Gasteiger partial charge in [-0.3, -0.25) is 9.79 Å². The average molecular weight is 338 g/mol. The first kappa shape index (κ1) is 15.0. The smallest absolute Gasteiger partial charge is 0.175 e. The average Bonchev–Trinajstić information content (AvgIpc) is 2.36. The Hall–Kier alpha value is -1.36. The molecule has 1 unspecified atom stereocenters. The Kier molecular flexibility index (Phi) is 4.18. The Morgan fingerprint density at radius 1 is 1.40 bits per heavy atom. The Bertz CT molecular complexity index is 561. The van der Waals surface area contributed by atoms with Crippen molar-refractivity contribution >= 4 is 38.9 Å². The van der Waals surface area contributed by atoms with Crippen LogP contribution in [0, 0.1) is 0 Å². The molecule has 20 heavy (non-hydrogen) atoms. The van der Waals surface area contributed by atoms with Crippen LogP contribution in [0.1, 0.15) is 38.1 Å². The zero-order chi connectivity index (χ0) is 14.9. The van der Waals surface area contributed by atoms with Crippen molar-refractivity contribution in [1.29, 1.82) is 0 Å². The second kappa shape index (κ2) is 5.56. The van der Waals surface area contributed by atoms with E-state index < -0.39 is 0 Å². The van der Waals surface area contributed by atoms with Gasteiger partial charge in [-0.15, -0.1) is 0 Å². The van der Waals surface area contributed by atoms with Gasteiger partial charge in [-0.05, 0) is 39.8 Å². The highest BCUT2D eigenvalue weighted by Crippen LogP contribution is 2.31. The minimum atomic E-state index is -0.163. The number of aliphatic imine (C=N–C) groups is 1. The molecule has 0 amide bonds. The number of alkyl halides is 1. The minimum absolute atomic E-state index is 0.0563. The molecule has 108 valence electrons. The summed E-state index contributed by atoms with van der Waals surface area (Å²) < 4.78 is 0. The van der Waals surface area contributed by atoms with Gasteiger partial charge in [0.1, 0.15) is 5.84 Å². The summed E-state index contributed by atoms with van der Waals surface area (Å²) in [5.41, 5.74) is 2.28. The van der Waals surface area contributed by atoms with E-state index in [0.29, 0.717) is 10.9 Å². The molecule has 1 aromatic carbocycles. The largest absolute Gasteiger partial charge is 0.374 e. The summed E-state index contributed by atoms with van der Waals surface area (Å²) in [5, 5.41) is 7.04. The molecule has 0 saturated heterocycles. The molecule has 1 atom stereocenters. The van der Waals surface area contributed by atoms with Crippen LogP contribution < -0.4 is 10.6 Å². The SMILES string of the molecule is CC1Nc2cccc(C(=O)CBr)c2NC1=NC(C)(C)C. The van der Waals surface area contributed by atoms with E-state index in [1.165, 1.54) is 0 Å². The van der Waals surface area contributed by atoms with Gasteiger partial charge < -0.3 is 10.6 Å². The third-order valence-corrected chi connectivity index (χ3v) is 3.49. The second-order valence-corrected chi connectivity index (χ2v) is 6.50. The second-order valence-electron chi connectivity index (χ2n) is 5.94. The maximum atomic E-state index is 12.0. The van der Waals surface area contributed by atoms with Gasteiger partial charge in [-0.25, -0.2) is 0 Å². The van der Waals surface area contributed by atoms with Gasteiger partial charge in [0, 0.05) is 5.56 Å². The topological polar surface area (TPSA) is 53.5 Å². The first-order valence-corrected chi connectivity index (χ1v) is 7.79. The number of benzene rings is 1. The highest BCUT2D eigenvalue weighted by molar-refractivity contribution is 9.09. The lowest BCUT2D eigenvalue weighted by Crippen LogP contribution is -2.39. The maximum absolute atomic E-state index is 12.0. The first-order chi connectivity index (χ1) is 9.31. The lowest BCUT2D eigenvalue weighted by molar-refractivity contribution is 0.102. The van der Waals surface area contributed by atoms with Crippen LogP contribution in [0.4, 0.5) is 11.4 Å². The van der Waals surface area contributed by atoms with E-state index in [-0.39, 0.29) is 17.4 Å². The predicted molar refractivity (Wildman–Crippen MR) is 88.5 cm³/mol. The fourth-order valence-electron chi connectivity index (χ4n) is 2.14. The van der Waals surface area contributed by atoms with E-state index >= 15 is 0 Å². The summed E-state index contributed by atoms with van der Waals surface area (Å²) in [6, 6.07) is 5.79. The van der Waals surface area contributed by atoms with Gasteiger partial charge in [0.2, 0.25) is 0 Å². The number of para-hydroxylation sites is 1. The molecule has 0 fully saturated rings. The van der Waals surface area contributed by atoms with Crippen molar-refractivity contribution in [2.24, 2.45) is 4.99 Å². The molecule has 0 aromatic heterocycles. The summed E-state index contributed by atoms with van der Waals surface area (Å²) in [6.45, 7) is 8.22. The van der Waals surface area contributed by atoms with Gasteiger partial charge in [0.15, 0.2) is 5.78 Å². The van der Waals surface area contributed by atoms with Crippen molar-refractivity contribution in [2.45, 2.75) is 39.3 Å². The number of anilines is 2. The summed E-state index contributed by atoms with van der Waals surface area (Å²) in [6.07, 6.45) is 0. The minimum Gasteiger partial charge on any atom is -0.374 e. The molecule has 1 aliphatic rings. The molecule has 1 aliphatic heterocycles. The number of rotatable bonds is 2. The van der Waals surface area contributed by atoms with E-state index in [1.807, 2.05) is 18.2 Å². The lowest BCUT2D eigenvalue weighted by Gasteiger charge is -2.30. The van der Waals surface area contributed by atoms with Crippen molar-refractivity contribution in [1.82, 2.24) is 0 Å². The molecular weight excluding hydrogens is 318 g/mol. The van der Waals surface area contributed by atoms with Crippen LogP contribution in [0.2, 0.25) is 0 Å². The summed E-state index contributed by atoms with van der Waals surface area (Å²) in [5.74, 6) is 0.917. The molecule has 0 bridgehead atoms. The quantitative estimate of drug-likeness (QED) is 0.639. The third-order valence-electron chi connectivity index (χ3n) is 2.98. The highest BCUT2D eigenvalue weighted by atomic mass is 79.9. The molecule has 5 heteroatoms. The Morgan fingerprint density at radius 2 is 2.10 bits per heavy atom. The predicted octanol–water partition coefficient (Wildman–Crippen LogP) is 3.69. The number of fused-ring (bicyclic) bond motifs is 1.